The lowest BCUT2D eigenvalue weighted by Crippen LogP contribution is -2.20. The molecule has 0 spiro atoms. The average molecular weight is 453 g/mol. The first-order valence-electron chi connectivity index (χ1n) is 11.2. The highest BCUT2D eigenvalue weighted by Gasteiger charge is 2.24. The van der Waals surface area contributed by atoms with Gasteiger partial charge in [-0.3, -0.25) is 9.89 Å². The third-order valence-corrected chi connectivity index (χ3v) is 6.45. The Balaban J connectivity index is 1.48. The largest absolute Gasteiger partial charge is 0.383 e. The number of aromatic nitrogens is 5. The van der Waals surface area contributed by atoms with Crippen LogP contribution >= 0.6 is 0 Å². The highest BCUT2D eigenvalue weighted by atomic mass is 16.2. The van der Waals surface area contributed by atoms with E-state index in [1.165, 1.54) is 0 Å². The third-order valence-electron chi connectivity index (χ3n) is 6.45. The lowest BCUT2D eigenvalue weighted by Gasteiger charge is -2.13. The number of carbonyl (C=O) groups is 1. The van der Waals surface area contributed by atoms with E-state index in [9.17, 15) is 4.79 Å². The molecule has 4 N–H and O–H groups in total. The fourth-order valence-corrected chi connectivity index (χ4v) is 4.68. The van der Waals surface area contributed by atoms with Gasteiger partial charge in [-0.25, -0.2) is 0 Å². The van der Waals surface area contributed by atoms with Crippen LogP contribution in [0.1, 0.15) is 25.5 Å². The Labute approximate surface area is 195 Å². The normalized spacial score (nSPS) is 13.4. The van der Waals surface area contributed by atoms with E-state index < -0.39 is 0 Å². The molecular weight excluding hydrogens is 428 g/mol. The van der Waals surface area contributed by atoms with E-state index in [-0.39, 0.29) is 11.9 Å². The first-order valence-corrected chi connectivity index (χ1v) is 11.2. The Morgan fingerprint density at radius 1 is 1.15 bits per heavy atom. The zero-order valence-corrected chi connectivity index (χ0v) is 19.1. The van der Waals surface area contributed by atoms with Crippen molar-refractivity contribution in [2.75, 3.05) is 23.0 Å². The van der Waals surface area contributed by atoms with Crippen molar-refractivity contribution >= 4 is 51.0 Å². The second-order valence-corrected chi connectivity index (χ2v) is 8.91. The lowest BCUT2D eigenvalue weighted by atomic mass is 10.0. The lowest BCUT2D eigenvalue weighted by molar-refractivity contribution is -0.117. The monoisotopic (exact) mass is 452 g/mol. The van der Waals surface area contributed by atoms with Crippen molar-refractivity contribution in [2.45, 2.75) is 26.3 Å². The molecule has 3 aromatic heterocycles. The first-order chi connectivity index (χ1) is 16.4. The second-order valence-electron chi connectivity index (χ2n) is 8.91. The van der Waals surface area contributed by atoms with Crippen molar-refractivity contribution in [3.8, 4) is 11.1 Å². The number of benzene rings is 2. The maximum Gasteiger partial charge on any atom is 0.231 e. The molecule has 34 heavy (non-hydrogen) atoms. The van der Waals surface area contributed by atoms with Crippen LogP contribution in [0.25, 0.3) is 33.1 Å². The fraction of sp³-hybridized carbons (Fsp3) is 0.200. The van der Waals surface area contributed by atoms with Crippen molar-refractivity contribution < 1.29 is 4.79 Å². The number of likely N-dealkylation sites (N-methyl/N-ethyl adjacent to an activating group) is 1. The number of carbonyl (C=O) groups excluding carboxylic acids is 1. The van der Waals surface area contributed by atoms with Gasteiger partial charge in [0.2, 0.25) is 11.9 Å². The van der Waals surface area contributed by atoms with Crippen LogP contribution < -0.4 is 16.0 Å². The smallest absolute Gasteiger partial charge is 0.231 e. The van der Waals surface area contributed by atoms with Crippen molar-refractivity contribution in [3.63, 3.8) is 0 Å². The van der Waals surface area contributed by atoms with Gasteiger partial charge in [-0.15, -0.1) is 0 Å². The molecule has 9 nitrogen and oxygen atoms in total. The number of aromatic amines is 1. The van der Waals surface area contributed by atoms with Crippen LogP contribution in [0.4, 0.5) is 23.1 Å². The molecule has 0 fully saturated rings. The van der Waals surface area contributed by atoms with E-state index in [4.69, 9.17) is 10.7 Å². The summed E-state index contributed by atoms with van der Waals surface area (Å²) in [6, 6.07) is 12.1. The highest BCUT2D eigenvalue weighted by molar-refractivity contribution is 6.07. The molecule has 0 unspecified atom stereocenters. The number of hydrogen-bond acceptors (Lipinski definition) is 6. The van der Waals surface area contributed by atoms with E-state index in [0.717, 1.165) is 50.0 Å². The maximum atomic E-state index is 12.0. The second kappa shape index (κ2) is 7.31. The minimum Gasteiger partial charge on any atom is -0.383 e. The van der Waals surface area contributed by atoms with Gasteiger partial charge in [-0.1, -0.05) is 18.2 Å². The number of hydrogen-bond donors (Lipinski definition) is 3. The number of nitrogens with two attached hydrogens (primary N) is 1. The van der Waals surface area contributed by atoms with Gasteiger partial charge in [0.15, 0.2) is 0 Å². The Kier molecular flexibility index (Phi) is 4.35. The molecule has 0 bridgehead atoms. The van der Waals surface area contributed by atoms with Crippen LogP contribution in [0.2, 0.25) is 0 Å². The molecule has 0 saturated heterocycles. The van der Waals surface area contributed by atoms with Crippen LogP contribution in [0, 0.1) is 0 Å². The predicted molar refractivity (Wildman–Crippen MR) is 134 cm³/mol. The van der Waals surface area contributed by atoms with Crippen LogP contribution in [0.5, 0.6) is 0 Å². The number of nitrogen functional groups attached to an aromatic ring is 1. The summed E-state index contributed by atoms with van der Waals surface area (Å²) >= 11 is 0. The van der Waals surface area contributed by atoms with Gasteiger partial charge >= 0.3 is 0 Å². The quantitative estimate of drug-likeness (QED) is 0.372. The number of nitrogens with one attached hydrogen (secondary N) is 2. The Bertz CT molecular complexity index is 1600. The molecule has 9 heteroatoms. The number of anilines is 4. The molecule has 1 aliphatic heterocycles. The van der Waals surface area contributed by atoms with Crippen molar-refractivity contribution in [1.29, 1.82) is 0 Å². The minimum atomic E-state index is 0.0870. The Morgan fingerprint density at radius 2 is 2.00 bits per heavy atom. The number of rotatable bonds is 4. The molecule has 0 saturated carbocycles. The van der Waals surface area contributed by atoms with E-state index in [0.29, 0.717) is 18.2 Å². The van der Waals surface area contributed by atoms with Gasteiger partial charge in [0.05, 0.1) is 23.5 Å². The number of amides is 1. The molecule has 2 aromatic carbocycles. The topological polar surface area (TPSA) is 118 Å². The zero-order valence-electron chi connectivity index (χ0n) is 19.1. The van der Waals surface area contributed by atoms with E-state index in [1.807, 2.05) is 36.5 Å². The zero-order chi connectivity index (χ0) is 23.6. The van der Waals surface area contributed by atoms with Gasteiger partial charge in [0, 0.05) is 41.6 Å². The number of fused-ring (bicyclic) bond motifs is 3. The number of nitrogens with zero attached hydrogens (tertiary/aromatic N) is 5. The molecule has 6 rings (SSSR count). The molecule has 170 valence electrons. The van der Waals surface area contributed by atoms with Gasteiger partial charge < -0.3 is 20.5 Å². The third kappa shape index (κ3) is 3.01. The highest BCUT2D eigenvalue weighted by Crippen LogP contribution is 2.38. The van der Waals surface area contributed by atoms with Crippen molar-refractivity contribution in [2.24, 2.45) is 0 Å². The summed E-state index contributed by atoms with van der Waals surface area (Å²) in [4.78, 5) is 23.1. The Morgan fingerprint density at radius 3 is 2.82 bits per heavy atom. The molecule has 0 aliphatic carbocycles. The Hall–Kier alpha value is -4.40. The van der Waals surface area contributed by atoms with Crippen LogP contribution in [-0.2, 0) is 11.2 Å². The fourth-order valence-electron chi connectivity index (χ4n) is 4.68. The molecule has 1 amide bonds. The van der Waals surface area contributed by atoms with E-state index in [2.05, 4.69) is 51.2 Å². The summed E-state index contributed by atoms with van der Waals surface area (Å²) in [5, 5.41) is 12.3. The van der Waals surface area contributed by atoms with Crippen molar-refractivity contribution in [1.82, 2.24) is 24.7 Å². The van der Waals surface area contributed by atoms with Crippen molar-refractivity contribution in [3.05, 3.63) is 54.4 Å². The van der Waals surface area contributed by atoms with Gasteiger partial charge in [-0.05, 0) is 43.2 Å². The number of H-pyrrole nitrogens is 1. The summed E-state index contributed by atoms with van der Waals surface area (Å²) in [6.45, 7) is 4.22. The van der Waals surface area contributed by atoms with Gasteiger partial charge in [0.25, 0.3) is 0 Å². The maximum absolute atomic E-state index is 12.0. The molecule has 1 aliphatic rings. The molecule has 0 radical (unpaired) electrons. The summed E-state index contributed by atoms with van der Waals surface area (Å²) in [7, 11) is 1.79. The SMILES string of the molecule is CC(C)n1cc(-c2cccc3[nH]ncc23)c2c(N)nc(Nc3ccc4c(c3)N(C)C(=O)C4)nc21. The van der Waals surface area contributed by atoms with Gasteiger partial charge in [-0.2, -0.15) is 15.1 Å². The standard InChI is InChI=1S/C25H24N8O/c1-13(2)33-12-18(16-5-4-6-19-17(16)11-27-31-19)22-23(26)29-25(30-24(22)33)28-15-8-7-14-9-21(34)32(3)20(14)10-15/h4-8,10-13H,9H2,1-3H3,(H,27,31)(H3,26,28,29,30). The van der Waals surface area contributed by atoms with Crippen LogP contribution in [-0.4, -0.2) is 37.7 Å². The van der Waals surface area contributed by atoms with Gasteiger partial charge in [0.1, 0.15) is 11.5 Å². The minimum absolute atomic E-state index is 0.0870. The summed E-state index contributed by atoms with van der Waals surface area (Å²) in [6.07, 6.45) is 4.34. The molecule has 5 aromatic rings. The van der Waals surface area contributed by atoms with Crippen LogP contribution in [0.3, 0.4) is 0 Å². The van der Waals surface area contributed by atoms with E-state index in [1.54, 1.807) is 11.9 Å². The molecular formula is C25H24N8O. The average Bonchev–Trinajstić information content (AvgIpc) is 3.50. The molecule has 4 heterocycles. The summed E-state index contributed by atoms with van der Waals surface area (Å²) in [5.41, 5.74) is 12.9. The summed E-state index contributed by atoms with van der Waals surface area (Å²) < 4.78 is 2.11. The molecule has 0 atom stereocenters. The summed E-state index contributed by atoms with van der Waals surface area (Å²) in [5.74, 6) is 0.893. The first kappa shape index (κ1) is 20.2. The van der Waals surface area contributed by atoms with Crippen LogP contribution in [0.15, 0.2) is 48.8 Å². The predicted octanol–water partition coefficient (Wildman–Crippen LogP) is 4.40. The van der Waals surface area contributed by atoms with E-state index >= 15 is 0 Å².